The van der Waals surface area contributed by atoms with Crippen molar-refractivity contribution in [1.82, 2.24) is 9.88 Å². The van der Waals surface area contributed by atoms with Gasteiger partial charge in [0.05, 0.1) is 5.56 Å². The summed E-state index contributed by atoms with van der Waals surface area (Å²) >= 11 is 0. The van der Waals surface area contributed by atoms with Crippen molar-refractivity contribution >= 4 is 17.5 Å². The number of anilines is 2. The van der Waals surface area contributed by atoms with E-state index in [0.29, 0.717) is 24.6 Å². The third-order valence-corrected chi connectivity index (χ3v) is 4.60. The number of piperazine rings is 1. The Morgan fingerprint density at radius 2 is 1.81 bits per heavy atom. The molecule has 6 heteroatoms. The summed E-state index contributed by atoms with van der Waals surface area (Å²) in [6.07, 6.45) is 1.58. The first-order valence-corrected chi connectivity index (χ1v) is 8.84. The van der Waals surface area contributed by atoms with E-state index in [1.807, 2.05) is 23.1 Å². The van der Waals surface area contributed by atoms with Crippen LogP contribution in [0.2, 0.25) is 0 Å². The van der Waals surface area contributed by atoms with E-state index in [2.05, 4.69) is 47.3 Å². The van der Waals surface area contributed by atoms with Crippen LogP contribution in [0.3, 0.4) is 0 Å². The van der Waals surface area contributed by atoms with Gasteiger partial charge in [0.1, 0.15) is 11.9 Å². The molecule has 0 saturated carbocycles. The Bertz CT molecular complexity index is 784. The molecule has 0 atom stereocenters. The van der Waals surface area contributed by atoms with Gasteiger partial charge in [-0.1, -0.05) is 26.0 Å². The highest BCUT2D eigenvalue weighted by Crippen LogP contribution is 2.18. The molecule has 1 fully saturated rings. The zero-order valence-corrected chi connectivity index (χ0v) is 15.1. The summed E-state index contributed by atoms with van der Waals surface area (Å²) in [4.78, 5) is 20.7. The molecule has 1 aromatic carbocycles. The summed E-state index contributed by atoms with van der Waals surface area (Å²) in [5, 5.41) is 11.8. The van der Waals surface area contributed by atoms with Gasteiger partial charge in [-0.3, -0.25) is 0 Å². The number of aromatic nitrogens is 1. The molecule has 3 rings (SSSR count). The molecular weight excluding hydrogens is 326 g/mol. The lowest BCUT2D eigenvalue weighted by atomic mass is 10.0. The lowest BCUT2D eigenvalue weighted by Gasteiger charge is -2.35. The Morgan fingerprint density at radius 1 is 1.12 bits per heavy atom. The molecular formula is C20H23N5O. The summed E-state index contributed by atoms with van der Waals surface area (Å²) in [6.45, 7) is 7.01. The Balaban J connectivity index is 1.53. The lowest BCUT2D eigenvalue weighted by Crippen LogP contribution is -2.50. The van der Waals surface area contributed by atoms with Crippen LogP contribution in [0.1, 0.15) is 30.9 Å². The molecule has 2 amide bonds. The summed E-state index contributed by atoms with van der Waals surface area (Å²) in [7, 11) is 0. The van der Waals surface area contributed by atoms with E-state index in [4.69, 9.17) is 5.26 Å². The summed E-state index contributed by atoms with van der Waals surface area (Å²) in [5.41, 5.74) is 2.62. The van der Waals surface area contributed by atoms with Gasteiger partial charge in [-0.05, 0) is 35.7 Å². The normalized spacial score (nSPS) is 14.2. The second-order valence-electron chi connectivity index (χ2n) is 6.70. The Morgan fingerprint density at radius 3 is 2.35 bits per heavy atom. The van der Waals surface area contributed by atoms with Gasteiger partial charge in [0.25, 0.3) is 0 Å². The van der Waals surface area contributed by atoms with Gasteiger partial charge in [-0.25, -0.2) is 9.78 Å². The first kappa shape index (κ1) is 17.7. The summed E-state index contributed by atoms with van der Waals surface area (Å²) in [6, 6.07) is 13.6. The molecule has 0 bridgehead atoms. The minimum absolute atomic E-state index is 0.0743. The number of benzene rings is 1. The fourth-order valence-corrected chi connectivity index (χ4v) is 2.93. The Hall–Kier alpha value is -3.07. The molecule has 6 nitrogen and oxygen atoms in total. The maximum absolute atomic E-state index is 12.5. The zero-order valence-electron chi connectivity index (χ0n) is 15.1. The van der Waals surface area contributed by atoms with E-state index in [9.17, 15) is 4.79 Å². The van der Waals surface area contributed by atoms with Crippen molar-refractivity contribution in [2.24, 2.45) is 0 Å². The number of carbonyl (C=O) groups excluding carboxylic acids is 1. The zero-order chi connectivity index (χ0) is 18.5. The molecule has 0 unspecified atom stereocenters. The molecule has 1 aliphatic rings. The predicted octanol–water partition coefficient (Wildman–Crippen LogP) is 3.43. The quantitative estimate of drug-likeness (QED) is 0.921. The molecule has 134 valence electrons. The number of hydrogen-bond donors (Lipinski definition) is 1. The highest BCUT2D eigenvalue weighted by atomic mass is 16.2. The molecule has 0 spiro atoms. The number of nitriles is 1. The van der Waals surface area contributed by atoms with Gasteiger partial charge in [-0.2, -0.15) is 5.26 Å². The molecule has 1 N–H and O–H groups in total. The van der Waals surface area contributed by atoms with Gasteiger partial charge in [0.15, 0.2) is 0 Å². The highest BCUT2D eigenvalue weighted by Gasteiger charge is 2.22. The molecule has 0 aliphatic carbocycles. The fraction of sp³-hybridized carbons (Fsp3) is 0.350. The van der Waals surface area contributed by atoms with Crippen LogP contribution in [0.25, 0.3) is 0 Å². The van der Waals surface area contributed by atoms with Crippen molar-refractivity contribution in [3.05, 3.63) is 53.7 Å². The van der Waals surface area contributed by atoms with E-state index in [0.717, 1.165) is 24.6 Å². The second-order valence-corrected chi connectivity index (χ2v) is 6.70. The first-order valence-electron chi connectivity index (χ1n) is 8.84. The SMILES string of the molecule is CC(C)c1ccc(NC(=O)N2CCN(c3ccc(C#N)cn3)CC2)cc1. The maximum Gasteiger partial charge on any atom is 0.321 e. The van der Waals surface area contributed by atoms with Crippen molar-refractivity contribution in [3.8, 4) is 6.07 Å². The van der Waals surface area contributed by atoms with Gasteiger partial charge in [0, 0.05) is 38.1 Å². The molecule has 1 aliphatic heterocycles. The van der Waals surface area contributed by atoms with Crippen LogP contribution in [0, 0.1) is 11.3 Å². The molecule has 1 saturated heterocycles. The van der Waals surface area contributed by atoms with Crippen LogP contribution in [-0.2, 0) is 0 Å². The van der Waals surface area contributed by atoms with Gasteiger partial charge < -0.3 is 15.1 Å². The van der Waals surface area contributed by atoms with Gasteiger partial charge >= 0.3 is 6.03 Å². The largest absolute Gasteiger partial charge is 0.353 e. The number of rotatable bonds is 3. The van der Waals surface area contributed by atoms with E-state index < -0.39 is 0 Å². The lowest BCUT2D eigenvalue weighted by molar-refractivity contribution is 0.208. The van der Waals surface area contributed by atoms with Crippen LogP contribution < -0.4 is 10.2 Å². The van der Waals surface area contributed by atoms with Crippen molar-refractivity contribution < 1.29 is 4.79 Å². The molecule has 1 aromatic heterocycles. The van der Waals surface area contributed by atoms with Crippen LogP contribution >= 0.6 is 0 Å². The number of hydrogen-bond acceptors (Lipinski definition) is 4. The van der Waals surface area contributed by atoms with Crippen LogP contribution in [0.5, 0.6) is 0 Å². The Labute approximate surface area is 154 Å². The third kappa shape index (κ3) is 4.12. The minimum Gasteiger partial charge on any atom is -0.353 e. The van der Waals surface area contributed by atoms with E-state index >= 15 is 0 Å². The molecule has 26 heavy (non-hydrogen) atoms. The third-order valence-electron chi connectivity index (χ3n) is 4.60. The maximum atomic E-state index is 12.5. The number of pyridine rings is 1. The van der Waals surface area contributed by atoms with Crippen molar-refractivity contribution in [2.45, 2.75) is 19.8 Å². The van der Waals surface area contributed by atoms with E-state index in [1.54, 1.807) is 12.3 Å². The molecule has 0 radical (unpaired) electrons. The molecule has 2 aromatic rings. The van der Waals surface area contributed by atoms with Gasteiger partial charge in [-0.15, -0.1) is 0 Å². The molecule has 2 heterocycles. The summed E-state index contributed by atoms with van der Waals surface area (Å²) in [5.74, 6) is 1.32. The highest BCUT2D eigenvalue weighted by molar-refractivity contribution is 5.89. The monoisotopic (exact) mass is 349 g/mol. The van der Waals surface area contributed by atoms with Crippen LogP contribution in [0.4, 0.5) is 16.3 Å². The topological polar surface area (TPSA) is 72.3 Å². The number of carbonyl (C=O) groups is 1. The number of nitrogens with one attached hydrogen (secondary N) is 1. The summed E-state index contributed by atoms with van der Waals surface area (Å²) < 4.78 is 0. The minimum atomic E-state index is -0.0743. The van der Waals surface area contributed by atoms with Crippen molar-refractivity contribution in [1.29, 1.82) is 5.26 Å². The van der Waals surface area contributed by atoms with Crippen LogP contribution in [0.15, 0.2) is 42.6 Å². The first-order chi connectivity index (χ1) is 12.6. The van der Waals surface area contributed by atoms with E-state index in [-0.39, 0.29) is 6.03 Å². The number of urea groups is 1. The Kier molecular flexibility index (Phi) is 5.37. The second kappa shape index (κ2) is 7.87. The standard InChI is InChI=1S/C20H23N5O/c1-15(2)17-4-6-18(7-5-17)23-20(26)25-11-9-24(10-12-25)19-8-3-16(13-21)14-22-19/h3-8,14-15H,9-12H2,1-2H3,(H,23,26). The van der Waals surface area contributed by atoms with Gasteiger partial charge in [0.2, 0.25) is 0 Å². The average Bonchev–Trinajstić information content (AvgIpc) is 2.68. The van der Waals surface area contributed by atoms with Crippen LogP contribution in [-0.4, -0.2) is 42.1 Å². The number of amides is 2. The van der Waals surface area contributed by atoms with E-state index in [1.165, 1.54) is 5.56 Å². The average molecular weight is 349 g/mol. The smallest absolute Gasteiger partial charge is 0.321 e. The van der Waals surface area contributed by atoms with Crippen molar-refractivity contribution in [2.75, 3.05) is 36.4 Å². The fourth-order valence-electron chi connectivity index (χ4n) is 2.93. The van der Waals surface area contributed by atoms with Crippen molar-refractivity contribution in [3.63, 3.8) is 0 Å². The predicted molar refractivity (Wildman–Crippen MR) is 102 cm³/mol. The number of nitrogens with zero attached hydrogens (tertiary/aromatic N) is 4.